The van der Waals surface area contributed by atoms with E-state index in [-0.39, 0.29) is 5.56 Å². The second kappa shape index (κ2) is 4.40. The lowest BCUT2D eigenvalue weighted by Crippen LogP contribution is -1.98. The third kappa shape index (κ3) is 1.81. The number of carboxylic acid groups (broad SMARTS) is 1. The van der Waals surface area contributed by atoms with E-state index in [1.165, 1.54) is 11.8 Å². The van der Waals surface area contributed by atoms with E-state index in [0.29, 0.717) is 10.8 Å². The zero-order valence-electron chi connectivity index (χ0n) is 8.51. The van der Waals surface area contributed by atoms with Crippen molar-refractivity contribution in [3.63, 3.8) is 0 Å². The Hall–Kier alpha value is -1.75. The zero-order valence-corrected chi connectivity index (χ0v) is 9.32. The van der Waals surface area contributed by atoms with Crippen LogP contribution in [0.2, 0.25) is 0 Å². The van der Waals surface area contributed by atoms with Crippen molar-refractivity contribution in [1.29, 1.82) is 0 Å². The lowest BCUT2D eigenvalue weighted by Gasteiger charge is -1.97. The normalized spacial score (nSPS) is 10.3. The van der Waals surface area contributed by atoms with Crippen LogP contribution in [-0.4, -0.2) is 22.5 Å². The topological polar surface area (TPSA) is 63.3 Å². The number of hydrogen-bond donors (Lipinski definition) is 1. The molecule has 0 bridgehead atoms. The first kappa shape index (κ1) is 10.8. The van der Waals surface area contributed by atoms with Gasteiger partial charge < -0.3 is 9.63 Å². The van der Waals surface area contributed by atoms with Crippen LogP contribution >= 0.6 is 11.8 Å². The van der Waals surface area contributed by atoms with Crippen molar-refractivity contribution in [3.8, 4) is 11.3 Å². The number of rotatable bonds is 3. The lowest BCUT2D eigenvalue weighted by atomic mass is 10.1. The second-order valence-corrected chi connectivity index (χ2v) is 3.85. The Morgan fingerprint density at radius 3 is 2.62 bits per heavy atom. The molecule has 0 atom stereocenters. The van der Waals surface area contributed by atoms with Crippen LogP contribution in [0.25, 0.3) is 11.3 Å². The molecule has 2 aromatic rings. The minimum Gasteiger partial charge on any atom is -0.477 e. The van der Waals surface area contributed by atoms with Gasteiger partial charge in [-0.3, -0.25) is 0 Å². The molecule has 0 radical (unpaired) electrons. The maximum Gasteiger partial charge on any atom is 0.342 e. The minimum absolute atomic E-state index is 0.124. The molecule has 16 heavy (non-hydrogen) atoms. The molecule has 82 valence electrons. The van der Waals surface area contributed by atoms with Gasteiger partial charge in [0, 0.05) is 5.56 Å². The summed E-state index contributed by atoms with van der Waals surface area (Å²) in [6.07, 6.45) is 1.75. The molecule has 1 aromatic heterocycles. The number of thioether (sulfide) groups is 1. The molecular formula is C11H9NO3S. The average molecular weight is 235 g/mol. The Bertz CT molecular complexity index is 507. The molecule has 1 N–H and O–H groups in total. The molecule has 2 rings (SSSR count). The number of aromatic carboxylic acids is 1. The fraction of sp³-hybridized carbons (Fsp3) is 0.0909. The van der Waals surface area contributed by atoms with Crippen molar-refractivity contribution in [2.24, 2.45) is 0 Å². The SMILES string of the molecule is CSc1onc(-c2ccccc2)c1C(=O)O. The van der Waals surface area contributed by atoms with Crippen molar-refractivity contribution in [2.75, 3.05) is 6.26 Å². The molecule has 0 saturated carbocycles. The van der Waals surface area contributed by atoms with E-state index < -0.39 is 5.97 Å². The van der Waals surface area contributed by atoms with Crippen LogP contribution in [0.1, 0.15) is 10.4 Å². The van der Waals surface area contributed by atoms with Gasteiger partial charge in [0.2, 0.25) is 5.09 Å². The van der Waals surface area contributed by atoms with Gasteiger partial charge in [0.05, 0.1) is 0 Å². The van der Waals surface area contributed by atoms with Gasteiger partial charge >= 0.3 is 5.97 Å². The average Bonchev–Trinajstić information content (AvgIpc) is 2.73. The number of carbonyl (C=O) groups is 1. The summed E-state index contributed by atoms with van der Waals surface area (Å²) in [5.41, 5.74) is 1.24. The van der Waals surface area contributed by atoms with E-state index in [4.69, 9.17) is 9.63 Å². The first-order chi connectivity index (χ1) is 7.74. The third-order valence-electron chi connectivity index (χ3n) is 2.11. The maximum absolute atomic E-state index is 11.1. The van der Waals surface area contributed by atoms with E-state index in [9.17, 15) is 4.79 Å². The van der Waals surface area contributed by atoms with E-state index in [2.05, 4.69) is 5.16 Å². The Morgan fingerprint density at radius 1 is 1.38 bits per heavy atom. The molecule has 4 nitrogen and oxygen atoms in total. The monoisotopic (exact) mass is 235 g/mol. The van der Waals surface area contributed by atoms with Gasteiger partial charge in [-0.2, -0.15) is 0 Å². The quantitative estimate of drug-likeness (QED) is 0.829. The molecule has 5 heteroatoms. The van der Waals surface area contributed by atoms with Gasteiger partial charge in [-0.15, -0.1) is 0 Å². The molecule has 1 heterocycles. The summed E-state index contributed by atoms with van der Waals surface area (Å²) >= 11 is 1.23. The van der Waals surface area contributed by atoms with Gasteiger partial charge in [0.15, 0.2) is 0 Å². The van der Waals surface area contributed by atoms with E-state index in [1.54, 1.807) is 18.4 Å². The molecule has 0 aliphatic rings. The van der Waals surface area contributed by atoms with Crippen LogP contribution in [0.15, 0.2) is 39.9 Å². The highest BCUT2D eigenvalue weighted by atomic mass is 32.2. The summed E-state index contributed by atoms with van der Waals surface area (Å²) < 4.78 is 4.99. The molecule has 0 spiro atoms. The highest BCUT2D eigenvalue weighted by Gasteiger charge is 2.22. The molecular weight excluding hydrogens is 226 g/mol. The fourth-order valence-corrected chi connectivity index (χ4v) is 1.90. The van der Waals surface area contributed by atoms with Crippen LogP contribution in [0.4, 0.5) is 0 Å². The lowest BCUT2D eigenvalue weighted by molar-refractivity contribution is 0.0691. The third-order valence-corrected chi connectivity index (χ3v) is 2.76. The van der Waals surface area contributed by atoms with Crippen LogP contribution in [0.3, 0.4) is 0 Å². The van der Waals surface area contributed by atoms with Crippen LogP contribution in [-0.2, 0) is 0 Å². The zero-order chi connectivity index (χ0) is 11.5. The second-order valence-electron chi connectivity index (χ2n) is 3.07. The molecule has 0 fully saturated rings. The predicted octanol–water partition coefficient (Wildman–Crippen LogP) is 2.76. The summed E-state index contributed by atoms with van der Waals surface area (Å²) in [4.78, 5) is 11.1. The molecule has 0 aliphatic heterocycles. The number of hydrogen-bond acceptors (Lipinski definition) is 4. The molecule has 0 amide bonds. The Balaban J connectivity index is 2.58. The van der Waals surface area contributed by atoms with Gasteiger partial charge in [0.25, 0.3) is 0 Å². The van der Waals surface area contributed by atoms with Crippen molar-refractivity contribution in [2.45, 2.75) is 5.09 Å². The molecule has 1 aromatic carbocycles. The maximum atomic E-state index is 11.1. The van der Waals surface area contributed by atoms with Gasteiger partial charge in [-0.1, -0.05) is 47.3 Å². The number of nitrogens with zero attached hydrogens (tertiary/aromatic N) is 1. The summed E-state index contributed by atoms with van der Waals surface area (Å²) in [6.45, 7) is 0. The molecule has 0 unspecified atom stereocenters. The Labute approximate surface area is 96.3 Å². The molecule has 0 aliphatic carbocycles. The summed E-state index contributed by atoms with van der Waals surface area (Å²) in [5.74, 6) is -1.02. The van der Waals surface area contributed by atoms with Crippen molar-refractivity contribution in [1.82, 2.24) is 5.16 Å². The number of carboxylic acids is 1. The Morgan fingerprint density at radius 2 is 2.06 bits per heavy atom. The number of benzene rings is 1. The molecule has 0 saturated heterocycles. The predicted molar refractivity (Wildman–Crippen MR) is 60.7 cm³/mol. The van der Waals surface area contributed by atoms with Crippen LogP contribution in [0, 0.1) is 0 Å². The largest absolute Gasteiger partial charge is 0.477 e. The van der Waals surface area contributed by atoms with Crippen LogP contribution < -0.4 is 0 Å². The van der Waals surface area contributed by atoms with Gasteiger partial charge in [-0.25, -0.2) is 4.79 Å². The highest BCUT2D eigenvalue weighted by Crippen LogP contribution is 2.30. The first-order valence-electron chi connectivity index (χ1n) is 4.56. The smallest absolute Gasteiger partial charge is 0.342 e. The van der Waals surface area contributed by atoms with Crippen molar-refractivity contribution in [3.05, 3.63) is 35.9 Å². The van der Waals surface area contributed by atoms with E-state index in [0.717, 1.165) is 5.56 Å². The van der Waals surface area contributed by atoms with Crippen molar-refractivity contribution >= 4 is 17.7 Å². The van der Waals surface area contributed by atoms with Crippen molar-refractivity contribution < 1.29 is 14.4 Å². The van der Waals surface area contributed by atoms with Crippen LogP contribution in [0.5, 0.6) is 0 Å². The number of aromatic nitrogens is 1. The van der Waals surface area contributed by atoms with Gasteiger partial charge in [0.1, 0.15) is 11.3 Å². The first-order valence-corrected chi connectivity index (χ1v) is 5.79. The fourth-order valence-electron chi connectivity index (χ4n) is 1.40. The highest BCUT2D eigenvalue weighted by molar-refractivity contribution is 7.98. The summed E-state index contributed by atoms with van der Waals surface area (Å²) in [7, 11) is 0. The van der Waals surface area contributed by atoms with E-state index >= 15 is 0 Å². The summed E-state index contributed by atoms with van der Waals surface area (Å²) in [6, 6.07) is 9.12. The van der Waals surface area contributed by atoms with E-state index in [1.807, 2.05) is 18.2 Å². The Kier molecular flexibility index (Phi) is 2.96. The minimum atomic E-state index is -1.02. The standard InChI is InChI=1S/C11H9NO3S/c1-16-11-8(10(13)14)9(12-15-11)7-5-3-2-4-6-7/h2-6H,1H3,(H,13,14). The summed E-state index contributed by atoms with van der Waals surface area (Å²) in [5, 5.41) is 13.2. The van der Waals surface area contributed by atoms with Gasteiger partial charge in [-0.05, 0) is 6.26 Å².